The fraction of sp³-hybridized carbons (Fsp3) is 0.226. The molecule has 0 saturated heterocycles. The number of hydrogen-bond acceptors (Lipinski definition) is 6. The first-order chi connectivity index (χ1) is 18.2. The van der Waals surface area contributed by atoms with Crippen LogP contribution in [0.3, 0.4) is 0 Å². The van der Waals surface area contributed by atoms with Crippen LogP contribution in [-0.4, -0.2) is 24.2 Å². The Labute approximate surface area is 217 Å². The van der Waals surface area contributed by atoms with Crippen molar-refractivity contribution in [1.82, 2.24) is 4.98 Å². The van der Waals surface area contributed by atoms with Gasteiger partial charge in [-0.1, -0.05) is 86.1 Å². The molecule has 0 aliphatic heterocycles. The molecule has 37 heavy (non-hydrogen) atoms. The Morgan fingerprint density at radius 1 is 0.757 bits per heavy atom. The third kappa shape index (κ3) is 8.10. The lowest BCUT2D eigenvalue weighted by Gasteiger charge is -2.14. The van der Waals surface area contributed by atoms with Crippen molar-refractivity contribution in [2.24, 2.45) is 0 Å². The monoisotopic (exact) mass is 497 g/mol. The lowest BCUT2D eigenvalue weighted by molar-refractivity contribution is -0.146. The molecule has 4 aromatic rings. The molecule has 0 aliphatic rings. The maximum absolute atomic E-state index is 11.9. The topological polar surface area (TPSA) is 66.9 Å². The smallest absolute Gasteiger partial charge is 0.344 e. The van der Waals surface area contributed by atoms with Gasteiger partial charge in [-0.15, -0.1) is 0 Å². The van der Waals surface area contributed by atoms with Gasteiger partial charge in [0, 0.05) is 11.6 Å². The van der Waals surface area contributed by atoms with Gasteiger partial charge in [-0.2, -0.15) is 4.98 Å². The van der Waals surface area contributed by atoms with Crippen molar-refractivity contribution in [3.05, 3.63) is 108 Å². The first-order valence-corrected chi connectivity index (χ1v) is 12.4. The van der Waals surface area contributed by atoms with Gasteiger partial charge in [0.1, 0.15) is 19.0 Å². The molecule has 4 rings (SSSR count). The normalized spacial score (nSPS) is 10.5. The molecule has 190 valence electrons. The van der Waals surface area contributed by atoms with E-state index in [0.717, 1.165) is 35.1 Å². The van der Waals surface area contributed by atoms with Crippen molar-refractivity contribution < 1.29 is 23.7 Å². The number of rotatable bonds is 13. The van der Waals surface area contributed by atoms with Crippen molar-refractivity contribution in [3.8, 4) is 28.6 Å². The van der Waals surface area contributed by atoms with Gasteiger partial charge < -0.3 is 18.9 Å². The minimum absolute atomic E-state index is 0.144. The number of pyridine rings is 1. The minimum atomic E-state index is -0.382. The Hall–Kier alpha value is -4.32. The number of hydrogen-bond donors (Lipinski definition) is 0. The molecule has 6 heteroatoms. The van der Waals surface area contributed by atoms with Crippen molar-refractivity contribution in [2.75, 3.05) is 13.2 Å². The summed E-state index contributed by atoms with van der Waals surface area (Å²) >= 11 is 0. The third-order valence-corrected chi connectivity index (χ3v) is 5.55. The van der Waals surface area contributed by atoms with E-state index in [1.54, 1.807) is 6.07 Å². The van der Waals surface area contributed by atoms with Gasteiger partial charge >= 0.3 is 5.97 Å². The Morgan fingerprint density at radius 3 is 2.16 bits per heavy atom. The molecular weight excluding hydrogens is 466 g/mol. The summed E-state index contributed by atoms with van der Waals surface area (Å²) in [5, 5.41) is 0. The molecule has 0 N–H and O–H groups in total. The van der Waals surface area contributed by atoms with Crippen molar-refractivity contribution in [1.29, 1.82) is 0 Å². The number of nitrogens with zero attached hydrogens (tertiary/aromatic N) is 1. The van der Waals surface area contributed by atoms with Crippen LogP contribution in [0.2, 0.25) is 0 Å². The van der Waals surface area contributed by atoms with E-state index in [1.165, 1.54) is 0 Å². The largest absolute Gasteiger partial charge is 0.482 e. The Morgan fingerprint density at radius 2 is 1.46 bits per heavy atom. The summed E-state index contributed by atoms with van der Waals surface area (Å²) in [6.45, 7) is 3.08. The molecule has 0 spiro atoms. The summed E-state index contributed by atoms with van der Waals surface area (Å²) in [5.41, 5.74) is 3.73. The van der Waals surface area contributed by atoms with Crippen LogP contribution < -0.4 is 14.2 Å². The predicted molar refractivity (Wildman–Crippen MR) is 143 cm³/mol. The van der Waals surface area contributed by atoms with Crippen molar-refractivity contribution in [2.45, 2.75) is 33.0 Å². The van der Waals surface area contributed by atoms with Gasteiger partial charge in [0.15, 0.2) is 6.61 Å². The molecule has 1 aromatic heterocycles. The molecule has 0 amide bonds. The van der Waals surface area contributed by atoms with Crippen LogP contribution in [0.5, 0.6) is 17.5 Å². The molecule has 3 aromatic carbocycles. The van der Waals surface area contributed by atoms with Crippen LogP contribution in [-0.2, 0) is 22.7 Å². The third-order valence-electron chi connectivity index (χ3n) is 5.55. The van der Waals surface area contributed by atoms with E-state index in [4.69, 9.17) is 18.9 Å². The number of benzene rings is 3. The first-order valence-electron chi connectivity index (χ1n) is 12.4. The predicted octanol–water partition coefficient (Wildman–Crippen LogP) is 6.63. The van der Waals surface area contributed by atoms with Gasteiger partial charge in [0.2, 0.25) is 11.8 Å². The molecule has 0 atom stereocenters. The second kappa shape index (κ2) is 13.7. The quantitative estimate of drug-likeness (QED) is 0.153. The molecule has 0 bridgehead atoms. The Balaban J connectivity index is 1.51. The minimum Gasteiger partial charge on any atom is -0.482 e. The maximum atomic E-state index is 11.9. The second-order valence-corrected chi connectivity index (χ2v) is 8.44. The highest BCUT2D eigenvalue weighted by molar-refractivity contribution is 5.72. The lowest BCUT2D eigenvalue weighted by atomic mass is 10.1. The van der Waals surface area contributed by atoms with E-state index in [-0.39, 0.29) is 12.6 Å². The van der Waals surface area contributed by atoms with Crippen molar-refractivity contribution in [3.63, 3.8) is 0 Å². The average molecular weight is 498 g/mol. The number of aromatic nitrogens is 1. The van der Waals surface area contributed by atoms with E-state index in [9.17, 15) is 4.79 Å². The fourth-order valence-corrected chi connectivity index (χ4v) is 3.56. The number of esters is 1. The highest BCUT2D eigenvalue weighted by Gasteiger charge is 2.13. The van der Waals surface area contributed by atoms with Crippen LogP contribution in [0.1, 0.15) is 30.9 Å². The fourth-order valence-electron chi connectivity index (χ4n) is 3.56. The summed E-state index contributed by atoms with van der Waals surface area (Å²) in [7, 11) is 0. The van der Waals surface area contributed by atoms with E-state index in [2.05, 4.69) is 4.98 Å². The maximum Gasteiger partial charge on any atom is 0.344 e. The number of unbranched alkanes of at least 4 members (excludes halogenated alkanes) is 1. The Kier molecular flexibility index (Phi) is 9.53. The highest BCUT2D eigenvalue weighted by atomic mass is 16.6. The number of carbonyl (C=O) groups excluding carboxylic acids is 1. The van der Waals surface area contributed by atoms with E-state index in [0.29, 0.717) is 37.3 Å². The van der Waals surface area contributed by atoms with Crippen LogP contribution >= 0.6 is 0 Å². The molecule has 6 nitrogen and oxygen atoms in total. The van der Waals surface area contributed by atoms with Gasteiger partial charge in [-0.25, -0.2) is 4.79 Å². The SMILES string of the molecule is CCCCOC(=O)COc1cccc(-c2ccc(OCc3ccccc3)nc2OCc2ccccc2)c1. The molecule has 0 aliphatic carbocycles. The standard InChI is InChI=1S/C31H31NO5/c1-2-3-19-34-30(33)23-35-27-16-10-15-26(20-27)28-17-18-29(36-21-24-11-6-4-7-12-24)32-31(28)37-22-25-13-8-5-9-14-25/h4-18,20H,2-3,19,21-23H2,1H3. The van der Waals surface area contributed by atoms with Gasteiger partial charge in [0.05, 0.1) is 6.61 Å². The van der Waals surface area contributed by atoms with Crippen LogP contribution in [0, 0.1) is 0 Å². The molecular formula is C31H31NO5. The highest BCUT2D eigenvalue weighted by Crippen LogP contribution is 2.33. The van der Waals surface area contributed by atoms with Crippen molar-refractivity contribution >= 4 is 5.97 Å². The van der Waals surface area contributed by atoms with Gasteiger partial charge in [-0.3, -0.25) is 0 Å². The van der Waals surface area contributed by atoms with Gasteiger partial charge in [0.25, 0.3) is 0 Å². The molecule has 0 fully saturated rings. The van der Waals surface area contributed by atoms with E-state index >= 15 is 0 Å². The first kappa shape index (κ1) is 25.8. The Bertz CT molecular complexity index is 1260. The molecule has 1 heterocycles. The average Bonchev–Trinajstić information content (AvgIpc) is 2.95. The summed E-state index contributed by atoms with van der Waals surface area (Å²) in [5.74, 6) is 1.10. The zero-order valence-corrected chi connectivity index (χ0v) is 21.0. The molecule has 0 unspecified atom stereocenters. The molecule has 0 saturated carbocycles. The zero-order chi connectivity index (χ0) is 25.7. The van der Waals surface area contributed by atoms with E-state index < -0.39 is 0 Å². The second-order valence-electron chi connectivity index (χ2n) is 8.44. The summed E-state index contributed by atoms with van der Waals surface area (Å²) < 4.78 is 22.9. The summed E-state index contributed by atoms with van der Waals surface area (Å²) in [6, 6.07) is 31.1. The van der Waals surface area contributed by atoms with Crippen LogP contribution in [0.4, 0.5) is 0 Å². The summed E-state index contributed by atoms with van der Waals surface area (Å²) in [4.78, 5) is 16.6. The number of carbonyl (C=O) groups is 1. The number of ether oxygens (including phenoxy) is 4. The van der Waals surface area contributed by atoms with Gasteiger partial charge in [-0.05, 0) is 41.3 Å². The van der Waals surface area contributed by atoms with E-state index in [1.807, 2.05) is 97.9 Å². The van der Waals surface area contributed by atoms with Crippen LogP contribution in [0.25, 0.3) is 11.1 Å². The summed E-state index contributed by atoms with van der Waals surface area (Å²) in [6.07, 6.45) is 1.81. The molecule has 0 radical (unpaired) electrons. The zero-order valence-electron chi connectivity index (χ0n) is 21.0. The lowest BCUT2D eigenvalue weighted by Crippen LogP contribution is -2.15. The van der Waals surface area contributed by atoms with Crippen LogP contribution in [0.15, 0.2) is 97.1 Å².